The quantitative estimate of drug-likeness (QED) is 0.604. The maximum absolute atomic E-state index is 12.8. The molecule has 3 fully saturated rings. The SMILES string of the molecule is Cc1ccc(N=C2C=C[C@@]3(C)C(=C2)CC[C@@H]2[C@@H]3/C(=N\N(C)C)C[C@@]3(C)[C@H]2CC[C@]3(O)C(=O)CO)cc1. The first-order chi connectivity index (χ1) is 17.0. The molecule has 6 atom stereocenters. The monoisotopic (exact) mass is 489 g/mol. The average Bonchev–Trinajstić information content (AvgIpc) is 3.11. The number of nitrogens with zero attached hydrogens (tertiary/aromatic N) is 3. The lowest BCUT2D eigenvalue weighted by molar-refractivity contribution is -0.157. The van der Waals surface area contributed by atoms with E-state index in [0.29, 0.717) is 18.8 Å². The topological polar surface area (TPSA) is 85.5 Å². The Hall–Kier alpha value is -2.57. The molecule has 4 aliphatic rings. The molecule has 0 spiro atoms. The zero-order valence-electron chi connectivity index (χ0n) is 22.2. The van der Waals surface area contributed by atoms with Gasteiger partial charge in [-0.2, -0.15) is 5.10 Å². The third-order valence-corrected chi connectivity index (χ3v) is 9.67. The molecule has 1 aromatic carbocycles. The fourth-order valence-electron chi connectivity index (χ4n) is 7.86. The molecule has 1 aromatic rings. The number of ketones is 1. The number of aliphatic hydroxyl groups excluding tert-OH is 1. The third-order valence-electron chi connectivity index (χ3n) is 9.67. The molecule has 3 saturated carbocycles. The number of aryl methyl sites for hydroxylation is 1. The van der Waals surface area contributed by atoms with Crippen molar-refractivity contribution in [1.82, 2.24) is 5.01 Å². The van der Waals surface area contributed by atoms with Gasteiger partial charge in [-0.1, -0.05) is 43.2 Å². The Morgan fingerprint density at radius 2 is 1.89 bits per heavy atom. The average molecular weight is 490 g/mol. The lowest BCUT2D eigenvalue weighted by Gasteiger charge is -2.58. The predicted octanol–water partition coefficient (Wildman–Crippen LogP) is 4.63. The minimum atomic E-state index is -1.50. The van der Waals surface area contributed by atoms with Gasteiger partial charge >= 0.3 is 0 Å². The van der Waals surface area contributed by atoms with Crippen molar-refractivity contribution in [3.8, 4) is 0 Å². The van der Waals surface area contributed by atoms with Gasteiger partial charge in [-0.05, 0) is 75.1 Å². The van der Waals surface area contributed by atoms with Crippen LogP contribution in [0.3, 0.4) is 0 Å². The van der Waals surface area contributed by atoms with E-state index in [1.54, 1.807) is 0 Å². The summed E-state index contributed by atoms with van der Waals surface area (Å²) in [5, 5.41) is 28.1. The number of rotatable bonds is 4. The fourth-order valence-corrected chi connectivity index (χ4v) is 7.86. The molecule has 0 bridgehead atoms. The second-order valence-electron chi connectivity index (χ2n) is 12.0. The van der Waals surface area contributed by atoms with E-state index < -0.39 is 23.4 Å². The third kappa shape index (κ3) is 3.72. The van der Waals surface area contributed by atoms with Crippen LogP contribution in [0.1, 0.15) is 51.5 Å². The zero-order chi connectivity index (χ0) is 25.9. The van der Waals surface area contributed by atoms with E-state index in [9.17, 15) is 15.0 Å². The van der Waals surface area contributed by atoms with Gasteiger partial charge in [0.05, 0.1) is 11.4 Å². The Kier molecular flexibility index (Phi) is 6.12. The predicted molar refractivity (Wildman–Crippen MR) is 143 cm³/mol. The van der Waals surface area contributed by atoms with Crippen molar-refractivity contribution in [3.63, 3.8) is 0 Å². The number of Topliss-reactive ketones (excluding diaryl/α,β-unsaturated/α-hetero) is 1. The molecule has 6 heteroatoms. The lowest BCUT2D eigenvalue weighted by Crippen LogP contribution is -2.60. The summed E-state index contributed by atoms with van der Waals surface area (Å²) in [6, 6.07) is 8.28. The Balaban J connectivity index is 1.54. The maximum atomic E-state index is 12.8. The van der Waals surface area contributed by atoms with Crippen LogP contribution in [-0.2, 0) is 4.79 Å². The van der Waals surface area contributed by atoms with Gasteiger partial charge in [0.15, 0.2) is 5.78 Å². The van der Waals surface area contributed by atoms with Gasteiger partial charge in [0.1, 0.15) is 12.2 Å². The first kappa shape index (κ1) is 25.1. The number of aliphatic hydroxyl groups is 2. The zero-order valence-corrected chi connectivity index (χ0v) is 22.2. The second-order valence-corrected chi connectivity index (χ2v) is 12.0. The standard InChI is InChI=1S/C30H39N3O3/c1-19-6-9-21(10-7-19)31-22-12-14-28(2)20(16-22)8-11-23-24-13-15-30(36,26(35)18-34)29(24,3)17-25(27(23)28)32-33(4)5/h6-7,9-10,12,14,16,23-24,27,34,36H,8,11,13,15,17-18H2,1-5H3/b31-22?,32-25-/t23-,24-,27+,28-,29-,30-/m0/s1. The highest BCUT2D eigenvalue weighted by Gasteiger charge is 2.67. The number of aliphatic imine (C=N–C) groups is 1. The number of benzene rings is 1. The Bertz CT molecular complexity index is 1180. The molecule has 0 aliphatic heterocycles. The van der Waals surface area contributed by atoms with Crippen molar-refractivity contribution in [2.45, 2.75) is 58.5 Å². The largest absolute Gasteiger partial charge is 0.388 e. The summed E-state index contributed by atoms with van der Waals surface area (Å²) in [6.07, 6.45) is 10.4. The number of hydrazone groups is 1. The summed E-state index contributed by atoms with van der Waals surface area (Å²) in [5.74, 6) is 0.262. The molecule has 36 heavy (non-hydrogen) atoms. The summed E-state index contributed by atoms with van der Waals surface area (Å²) in [5.41, 5.74) is 3.26. The molecular formula is C30H39N3O3. The molecule has 5 rings (SSSR count). The fraction of sp³-hybridized carbons (Fsp3) is 0.567. The molecule has 0 heterocycles. The summed E-state index contributed by atoms with van der Waals surface area (Å²) in [7, 11) is 3.86. The van der Waals surface area contributed by atoms with E-state index in [0.717, 1.165) is 36.4 Å². The van der Waals surface area contributed by atoms with Crippen molar-refractivity contribution in [3.05, 3.63) is 53.6 Å². The Labute approximate surface area is 214 Å². The number of hydrogen-bond donors (Lipinski definition) is 2. The minimum Gasteiger partial charge on any atom is -0.388 e. The van der Waals surface area contributed by atoms with E-state index in [-0.39, 0.29) is 17.3 Å². The van der Waals surface area contributed by atoms with Crippen molar-refractivity contribution < 1.29 is 15.0 Å². The molecule has 6 nitrogen and oxygen atoms in total. The van der Waals surface area contributed by atoms with E-state index in [4.69, 9.17) is 10.1 Å². The molecule has 4 aliphatic carbocycles. The molecule has 0 unspecified atom stereocenters. The van der Waals surface area contributed by atoms with E-state index in [2.05, 4.69) is 63.3 Å². The number of carbonyl (C=O) groups excluding carboxylic acids is 1. The van der Waals surface area contributed by atoms with E-state index in [1.165, 1.54) is 11.1 Å². The van der Waals surface area contributed by atoms with Crippen molar-refractivity contribution >= 4 is 22.9 Å². The molecule has 0 saturated heterocycles. The molecule has 0 aromatic heterocycles. The maximum Gasteiger partial charge on any atom is 0.190 e. The van der Waals surface area contributed by atoms with Crippen molar-refractivity contribution in [2.75, 3.05) is 20.7 Å². The van der Waals surface area contributed by atoms with Gasteiger partial charge in [-0.25, -0.2) is 4.99 Å². The van der Waals surface area contributed by atoms with Crippen LogP contribution in [0.5, 0.6) is 0 Å². The normalized spacial score (nSPS) is 39.4. The van der Waals surface area contributed by atoms with Crippen LogP contribution >= 0.6 is 0 Å². The van der Waals surface area contributed by atoms with Crippen molar-refractivity contribution in [2.24, 2.45) is 38.7 Å². The molecular weight excluding hydrogens is 450 g/mol. The van der Waals surface area contributed by atoms with Crippen LogP contribution in [0.15, 0.2) is 58.2 Å². The molecule has 0 radical (unpaired) electrons. The van der Waals surface area contributed by atoms with Crippen LogP contribution in [0.2, 0.25) is 0 Å². The lowest BCUT2D eigenvalue weighted by atomic mass is 9.46. The van der Waals surface area contributed by atoms with Crippen LogP contribution in [-0.4, -0.2) is 58.7 Å². The highest BCUT2D eigenvalue weighted by atomic mass is 16.3. The van der Waals surface area contributed by atoms with Crippen LogP contribution < -0.4 is 0 Å². The Morgan fingerprint density at radius 3 is 2.56 bits per heavy atom. The van der Waals surface area contributed by atoms with E-state index in [1.807, 2.05) is 19.1 Å². The first-order valence-electron chi connectivity index (χ1n) is 13.2. The highest BCUT2D eigenvalue weighted by Crippen LogP contribution is 2.66. The summed E-state index contributed by atoms with van der Waals surface area (Å²) in [4.78, 5) is 17.7. The summed E-state index contributed by atoms with van der Waals surface area (Å²) < 4.78 is 0. The Morgan fingerprint density at radius 1 is 1.17 bits per heavy atom. The molecule has 192 valence electrons. The minimum absolute atomic E-state index is 0.187. The van der Waals surface area contributed by atoms with Gasteiger partial charge in [-0.15, -0.1) is 0 Å². The van der Waals surface area contributed by atoms with Crippen LogP contribution in [0.25, 0.3) is 0 Å². The van der Waals surface area contributed by atoms with Crippen molar-refractivity contribution in [1.29, 1.82) is 0 Å². The van der Waals surface area contributed by atoms with Gasteiger partial charge in [0, 0.05) is 36.6 Å². The highest BCUT2D eigenvalue weighted by molar-refractivity contribution is 6.07. The van der Waals surface area contributed by atoms with Gasteiger partial charge in [-0.3, -0.25) is 4.79 Å². The van der Waals surface area contributed by atoms with E-state index >= 15 is 0 Å². The van der Waals surface area contributed by atoms with Gasteiger partial charge in [0.25, 0.3) is 0 Å². The summed E-state index contributed by atoms with van der Waals surface area (Å²) in [6.45, 7) is 5.83. The second kappa shape index (κ2) is 8.77. The van der Waals surface area contributed by atoms with Gasteiger partial charge < -0.3 is 15.2 Å². The van der Waals surface area contributed by atoms with Crippen LogP contribution in [0, 0.1) is 35.5 Å². The number of allylic oxidation sites excluding steroid dienone is 4. The smallest absolute Gasteiger partial charge is 0.190 e. The van der Waals surface area contributed by atoms with Gasteiger partial charge in [0.2, 0.25) is 0 Å². The number of hydrogen-bond acceptors (Lipinski definition) is 6. The van der Waals surface area contributed by atoms with Crippen LogP contribution in [0.4, 0.5) is 5.69 Å². The number of fused-ring (bicyclic) bond motifs is 5. The molecule has 2 N–H and O–H groups in total. The number of carbonyl (C=O) groups is 1. The first-order valence-corrected chi connectivity index (χ1v) is 13.2. The summed E-state index contributed by atoms with van der Waals surface area (Å²) >= 11 is 0. The molecule has 0 amide bonds.